The first-order valence-corrected chi connectivity index (χ1v) is 6.23. The lowest BCUT2D eigenvalue weighted by molar-refractivity contribution is -0.137. The minimum Gasteiger partial charge on any atom is -0.391 e. The van der Waals surface area contributed by atoms with Crippen LogP contribution in [0.1, 0.15) is 33.1 Å². The first-order chi connectivity index (χ1) is 8.00. The van der Waals surface area contributed by atoms with Crippen LogP contribution in [0.2, 0.25) is 0 Å². The molecule has 1 aliphatic rings. The van der Waals surface area contributed by atoms with Gasteiger partial charge in [-0.1, -0.05) is 13.8 Å². The molecule has 5 nitrogen and oxygen atoms in total. The quantitative estimate of drug-likeness (QED) is 0.720. The average molecular weight is 242 g/mol. The predicted octanol–water partition coefficient (Wildman–Crippen LogP) is 0.132. The van der Waals surface area contributed by atoms with Gasteiger partial charge in [0.05, 0.1) is 12.6 Å². The third kappa shape index (κ3) is 4.73. The fraction of sp³-hybridized carbons (Fsp3) is 0.833. The second-order valence-corrected chi connectivity index (χ2v) is 4.89. The molecule has 0 aromatic carbocycles. The molecule has 2 amide bonds. The van der Waals surface area contributed by atoms with E-state index < -0.39 is 6.10 Å². The highest BCUT2D eigenvalue weighted by molar-refractivity contribution is 5.85. The van der Waals surface area contributed by atoms with Crippen LogP contribution in [0.3, 0.4) is 0 Å². The van der Waals surface area contributed by atoms with Crippen molar-refractivity contribution in [3.63, 3.8) is 0 Å². The van der Waals surface area contributed by atoms with Gasteiger partial charge in [-0.2, -0.15) is 0 Å². The van der Waals surface area contributed by atoms with E-state index in [1.165, 1.54) is 0 Å². The van der Waals surface area contributed by atoms with Gasteiger partial charge in [-0.15, -0.1) is 0 Å². The molecule has 98 valence electrons. The van der Waals surface area contributed by atoms with Crippen LogP contribution < -0.4 is 5.32 Å². The van der Waals surface area contributed by atoms with E-state index in [0.717, 1.165) is 12.8 Å². The van der Waals surface area contributed by atoms with E-state index in [0.29, 0.717) is 13.0 Å². The number of nitrogens with one attached hydrogen (secondary N) is 1. The molecule has 1 aliphatic heterocycles. The fourth-order valence-corrected chi connectivity index (χ4v) is 1.71. The van der Waals surface area contributed by atoms with Crippen molar-refractivity contribution >= 4 is 11.8 Å². The number of aliphatic hydroxyl groups is 1. The zero-order valence-corrected chi connectivity index (χ0v) is 10.6. The van der Waals surface area contributed by atoms with Crippen LogP contribution in [0, 0.1) is 5.92 Å². The third-order valence-electron chi connectivity index (χ3n) is 3.03. The minimum atomic E-state index is -0.531. The molecule has 0 aliphatic carbocycles. The standard InChI is InChI=1S/C12H22N2O3/c1-9(2)10(15)7-13-11(16)8-14-6-4-3-5-12(14)17/h9-10,15H,3-8H2,1-2H3,(H,13,16). The smallest absolute Gasteiger partial charge is 0.239 e. The van der Waals surface area contributed by atoms with Crippen LogP contribution in [-0.4, -0.2) is 47.6 Å². The fourth-order valence-electron chi connectivity index (χ4n) is 1.71. The van der Waals surface area contributed by atoms with E-state index in [-0.39, 0.29) is 30.8 Å². The van der Waals surface area contributed by atoms with Gasteiger partial charge in [-0.3, -0.25) is 9.59 Å². The van der Waals surface area contributed by atoms with Crippen molar-refractivity contribution in [2.45, 2.75) is 39.2 Å². The van der Waals surface area contributed by atoms with Crippen LogP contribution in [-0.2, 0) is 9.59 Å². The summed E-state index contributed by atoms with van der Waals surface area (Å²) in [6.45, 7) is 4.82. The molecule has 0 aromatic rings. The van der Waals surface area contributed by atoms with Crippen LogP contribution in [0.5, 0.6) is 0 Å². The van der Waals surface area contributed by atoms with Gasteiger partial charge < -0.3 is 15.3 Å². The number of piperidine rings is 1. The van der Waals surface area contributed by atoms with Crippen molar-refractivity contribution in [1.29, 1.82) is 0 Å². The summed E-state index contributed by atoms with van der Waals surface area (Å²) in [5.74, 6) is -0.0253. The topological polar surface area (TPSA) is 69.6 Å². The van der Waals surface area contributed by atoms with E-state index in [1.54, 1.807) is 4.90 Å². The summed E-state index contributed by atoms with van der Waals surface area (Å²) < 4.78 is 0. The maximum Gasteiger partial charge on any atom is 0.239 e. The summed E-state index contributed by atoms with van der Waals surface area (Å²) in [6, 6.07) is 0. The van der Waals surface area contributed by atoms with Gasteiger partial charge in [0.15, 0.2) is 0 Å². The first kappa shape index (κ1) is 14.0. The molecule has 17 heavy (non-hydrogen) atoms. The normalized spacial score (nSPS) is 18.4. The number of aliphatic hydroxyl groups excluding tert-OH is 1. The average Bonchev–Trinajstić information content (AvgIpc) is 2.29. The Morgan fingerprint density at radius 2 is 2.18 bits per heavy atom. The van der Waals surface area contributed by atoms with Gasteiger partial charge in [-0.25, -0.2) is 0 Å². The van der Waals surface area contributed by atoms with E-state index in [2.05, 4.69) is 5.32 Å². The molecule has 0 bridgehead atoms. The molecule has 2 N–H and O–H groups in total. The van der Waals surface area contributed by atoms with Crippen molar-refractivity contribution in [3.8, 4) is 0 Å². The Bertz CT molecular complexity index is 279. The molecular weight excluding hydrogens is 220 g/mol. The lowest BCUT2D eigenvalue weighted by atomic mass is 10.1. The highest BCUT2D eigenvalue weighted by Gasteiger charge is 2.20. The number of hydrogen-bond donors (Lipinski definition) is 2. The number of carbonyl (C=O) groups is 2. The summed E-state index contributed by atoms with van der Waals surface area (Å²) in [4.78, 5) is 24.6. The van der Waals surface area contributed by atoms with Gasteiger partial charge in [-0.05, 0) is 18.8 Å². The van der Waals surface area contributed by atoms with Gasteiger partial charge in [0.1, 0.15) is 0 Å². The maximum absolute atomic E-state index is 11.6. The van der Waals surface area contributed by atoms with Crippen LogP contribution in [0.4, 0.5) is 0 Å². The number of carbonyl (C=O) groups excluding carboxylic acids is 2. The lowest BCUT2D eigenvalue weighted by Gasteiger charge is -2.26. The Morgan fingerprint density at radius 1 is 1.47 bits per heavy atom. The van der Waals surface area contributed by atoms with Gasteiger partial charge >= 0.3 is 0 Å². The first-order valence-electron chi connectivity index (χ1n) is 6.23. The van der Waals surface area contributed by atoms with E-state index in [9.17, 15) is 14.7 Å². The van der Waals surface area contributed by atoms with Crippen LogP contribution in [0.25, 0.3) is 0 Å². The molecule has 0 aromatic heterocycles. The molecule has 1 heterocycles. The highest BCUT2D eigenvalue weighted by atomic mass is 16.3. The molecule has 0 radical (unpaired) electrons. The van der Waals surface area contributed by atoms with Crippen molar-refractivity contribution in [1.82, 2.24) is 10.2 Å². The SMILES string of the molecule is CC(C)C(O)CNC(=O)CN1CCCCC1=O. The number of hydrogen-bond acceptors (Lipinski definition) is 3. The van der Waals surface area contributed by atoms with Crippen LogP contribution in [0.15, 0.2) is 0 Å². The van der Waals surface area contributed by atoms with E-state index >= 15 is 0 Å². The summed E-state index contributed by atoms with van der Waals surface area (Å²) in [7, 11) is 0. The van der Waals surface area contributed by atoms with E-state index in [1.807, 2.05) is 13.8 Å². The summed E-state index contributed by atoms with van der Waals surface area (Å²) in [5.41, 5.74) is 0. The van der Waals surface area contributed by atoms with E-state index in [4.69, 9.17) is 0 Å². The zero-order valence-electron chi connectivity index (χ0n) is 10.6. The largest absolute Gasteiger partial charge is 0.391 e. The number of amides is 2. The monoisotopic (exact) mass is 242 g/mol. The number of likely N-dealkylation sites (tertiary alicyclic amines) is 1. The predicted molar refractivity (Wildman–Crippen MR) is 64.3 cm³/mol. The van der Waals surface area contributed by atoms with Crippen molar-refractivity contribution in [3.05, 3.63) is 0 Å². The third-order valence-corrected chi connectivity index (χ3v) is 3.03. The maximum atomic E-state index is 11.6. The zero-order chi connectivity index (χ0) is 12.8. The Labute approximate surface area is 102 Å². The molecule has 0 spiro atoms. The second-order valence-electron chi connectivity index (χ2n) is 4.89. The molecule has 1 rings (SSSR count). The highest BCUT2D eigenvalue weighted by Crippen LogP contribution is 2.09. The molecule has 1 saturated heterocycles. The minimum absolute atomic E-state index is 0.0517. The Hall–Kier alpha value is -1.10. The Balaban J connectivity index is 2.26. The number of rotatable bonds is 5. The van der Waals surface area contributed by atoms with Gasteiger partial charge in [0.2, 0.25) is 11.8 Å². The summed E-state index contributed by atoms with van der Waals surface area (Å²) in [6.07, 6.45) is 1.90. The molecular formula is C12H22N2O3. The number of nitrogens with zero attached hydrogens (tertiary/aromatic N) is 1. The van der Waals surface area contributed by atoms with Crippen molar-refractivity contribution in [2.75, 3.05) is 19.6 Å². The molecule has 1 fully saturated rings. The Kier molecular flexibility index (Phi) is 5.41. The Morgan fingerprint density at radius 3 is 2.76 bits per heavy atom. The molecule has 1 atom stereocenters. The summed E-state index contributed by atoms with van der Waals surface area (Å²) >= 11 is 0. The summed E-state index contributed by atoms with van der Waals surface area (Å²) in [5, 5.41) is 12.2. The van der Waals surface area contributed by atoms with Gasteiger partial charge in [0, 0.05) is 19.5 Å². The van der Waals surface area contributed by atoms with Crippen LogP contribution >= 0.6 is 0 Å². The molecule has 1 unspecified atom stereocenters. The van der Waals surface area contributed by atoms with Gasteiger partial charge in [0.25, 0.3) is 0 Å². The molecule has 5 heteroatoms. The van der Waals surface area contributed by atoms with Crippen molar-refractivity contribution < 1.29 is 14.7 Å². The van der Waals surface area contributed by atoms with Crippen molar-refractivity contribution in [2.24, 2.45) is 5.92 Å². The molecule has 0 saturated carbocycles. The lowest BCUT2D eigenvalue weighted by Crippen LogP contribution is -2.45. The second kappa shape index (κ2) is 6.59.